The van der Waals surface area contributed by atoms with Crippen molar-refractivity contribution in [3.8, 4) is 6.01 Å². The molecular weight excluding hydrogens is 350 g/mol. The molecule has 2 aromatic rings. The predicted octanol–water partition coefficient (Wildman–Crippen LogP) is 1.98. The van der Waals surface area contributed by atoms with Crippen molar-refractivity contribution in [2.24, 2.45) is 0 Å². The molecule has 0 bridgehead atoms. The third-order valence-electron chi connectivity index (χ3n) is 3.11. The van der Waals surface area contributed by atoms with E-state index in [9.17, 15) is 18.5 Å². The van der Waals surface area contributed by atoms with Crippen molar-refractivity contribution in [2.45, 2.75) is 4.90 Å². The highest BCUT2D eigenvalue weighted by molar-refractivity contribution is 7.94. The molecule has 0 aliphatic carbocycles. The van der Waals surface area contributed by atoms with Crippen molar-refractivity contribution in [1.29, 1.82) is 0 Å². The van der Waals surface area contributed by atoms with Crippen molar-refractivity contribution in [1.82, 2.24) is 14.5 Å². The lowest BCUT2D eigenvalue weighted by molar-refractivity contribution is -0.384. The summed E-state index contributed by atoms with van der Waals surface area (Å²) in [5.74, 6) is 0.415. The SMILES string of the molecule is COc1nc([N-]S(=O)(=O)c2ccc([N+](=O)[O-])cc2)cc([N+](C)(C)C)n1. The average molecular weight is 367 g/mol. The average Bonchev–Trinajstić information content (AvgIpc) is 2.53. The van der Waals surface area contributed by atoms with Crippen LogP contribution in [0.3, 0.4) is 0 Å². The molecule has 0 radical (unpaired) electrons. The van der Waals surface area contributed by atoms with E-state index in [1.807, 2.05) is 21.1 Å². The molecule has 25 heavy (non-hydrogen) atoms. The number of benzene rings is 1. The number of methoxy groups -OCH3 is 1. The lowest BCUT2D eigenvalue weighted by Gasteiger charge is -2.25. The zero-order chi connectivity index (χ0) is 18.8. The molecule has 0 unspecified atom stereocenters. The molecule has 0 saturated carbocycles. The maximum absolute atomic E-state index is 12.4. The third kappa shape index (κ3) is 4.39. The molecule has 0 aliphatic rings. The number of nitrogens with zero attached hydrogens (tertiary/aromatic N) is 5. The van der Waals surface area contributed by atoms with Gasteiger partial charge in [0.2, 0.25) is 21.9 Å². The summed E-state index contributed by atoms with van der Waals surface area (Å²) in [5.41, 5.74) is -0.213. The second kappa shape index (κ2) is 6.61. The van der Waals surface area contributed by atoms with Crippen LogP contribution in [-0.4, -0.2) is 51.6 Å². The van der Waals surface area contributed by atoms with Gasteiger partial charge in [-0.3, -0.25) is 14.6 Å². The first-order valence-electron chi connectivity index (χ1n) is 7.00. The minimum atomic E-state index is -4.09. The molecule has 0 aliphatic heterocycles. The van der Waals surface area contributed by atoms with Crippen molar-refractivity contribution < 1.29 is 18.1 Å². The molecule has 10 nitrogen and oxygen atoms in total. The van der Waals surface area contributed by atoms with Gasteiger partial charge in [0.15, 0.2) is 0 Å². The van der Waals surface area contributed by atoms with Crippen LogP contribution < -0.4 is 9.22 Å². The number of nitro groups is 1. The summed E-state index contributed by atoms with van der Waals surface area (Å²) in [4.78, 5) is 18.0. The van der Waals surface area contributed by atoms with E-state index < -0.39 is 14.9 Å². The minimum Gasteiger partial charge on any atom is -0.483 e. The van der Waals surface area contributed by atoms with E-state index in [0.29, 0.717) is 10.3 Å². The lowest BCUT2D eigenvalue weighted by Crippen LogP contribution is -2.35. The van der Waals surface area contributed by atoms with Crippen LogP contribution in [-0.2, 0) is 10.0 Å². The Morgan fingerprint density at radius 2 is 1.76 bits per heavy atom. The molecule has 0 amide bonds. The minimum absolute atomic E-state index is 0.0109. The number of ether oxygens (including phenoxy) is 1. The van der Waals surface area contributed by atoms with E-state index in [4.69, 9.17) is 4.74 Å². The lowest BCUT2D eigenvalue weighted by atomic mass is 10.3. The summed E-state index contributed by atoms with van der Waals surface area (Å²) >= 11 is 0. The van der Waals surface area contributed by atoms with Gasteiger partial charge in [0.1, 0.15) is 0 Å². The number of sulfonamides is 1. The first kappa shape index (κ1) is 18.5. The van der Waals surface area contributed by atoms with Crippen molar-refractivity contribution >= 4 is 27.3 Å². The molecule has 1 aromatic carbocycles. The monoisotopic (exact) mass is 367 g/mol. The highest BCUT2D eigenvalue weighted by Crippen LogP contribution is 2.31. The molecule has 0 N–H and O–H groups in total. The Kier molecular flexibility index (Phi) is 4.90. The van der Waals surface area contributed by atoms with E-state index in [1.54, 1.807) is 0 Å². The zero-order valence-electron chi connectivity index (χ0n) is 14.1. The Hall–Kier alpha value is -2.79. The Morgan fingerprint density at radius 3 is 2.24 bits per heavy atom. The summed E-state index contributed by atoms with van der Waals surface area (Å²) in [5, 5.41) is 10.7. The first-order chi connectivity index (χ1) is 11.5. The fourth-order valence-electron chi connectivity index (χ4n) is 1.80. The van der Waals surface area contributed by atoms with Crippen molar-refractivity contribution in [2.75, 3.05) is 28.3 Å². The number of hydrogen-bond acceptors (Lipinski definition) is 7. The maximum Gasteiger partial charge on any atom is 0.269 e. The van der Waals surface area contributed by atoms with E-state index >= 15 is 0 Å². The molecular formula is C14H17N5O5S. The molecule has 0 spiro atoms. The van der Waals surface area contributed by atoms with Gasteiger partial charge < -0.3 is 14.4 Å². The Morgan fingerprint density at radius 1 is 1.16 bits per heavy atom. The van der Waals surface area contributed by atoms with Gasteiger partial charge in [0.05, 0.1) is 38.1 Å². The maximum atomic E-state index is 12.4. The fourth-order valence-corrected chi connectivity index (χ4v) is 2.72. The smallest absolute Gasteiger partial charge is 0.269 e. The van der Waals surface area contributed by atoms with Gasteiger partial charge in [-0.2, -0.15) is 4.98 Å². The van der Waals surface area contributed by atoms with Gasteiger partial charge in [0, 0.05) is 18.2 Å². The number of nitro benzene ring substituents is 1. The Balaban J connectivity index is 2.38. The van der Waals surface area contributed by atoms with Gasteiger partial charge >= 0.3 is 0 Å². The quantitative estimate of drug-likeness (QED) is 0.434. The number of quaternary nitrogens is 1. The summed E-state index contributed by atoms with van der Waals surface area (Å²) < 4.78 is 33.8. The van der Waals surface area contributed by atoms with Crippen LogP contribution in [0.1, 0.15) is 0 Å². The van der Waals surface area contributed by atoms with Gasteiger partial charge in [-0.1, -0.05) is 0 Å². The molecule has 0 atom stereocenters. The molecule has 0 saturated heterocycles. The number of hydrogen-bond donors (Lipinski definition) is 0. The number of non-ortho nitro benzene ring substituents is 1. The van der Waals surface area contributed by atoms with Crippen LogP contribution in [0.5, 0.6) is 6.01 Å². The standard InChI is InChI=1S/C14H17N5O5S/c1-19(2,3)13-9-12(15-14(16-13)24-4)17-25(22,23)11-7-5-10(6-8-11)18(20)21/h5-9H,1-4H3. The van der Waals surface area contributed by atoms with Crippen LogP contribution >= 0.6 is 0 Å². The van der Waals surface area contributed by atoms with E-state index in [0.717, 1.165) is 24.3 Å². The number of rotatable bonds is 6. The van der Waals surface area contributed by atoms with Gasteiger partial charge in [0.25, 0.3) is 5.69 Å². The van der Waals surface area contributed by atoms with Crippen LogP contribution in [0.25, 0.3) is 4.72 Å². The fraction of sp³-hybridized carbons (Fsp3) is 0.286. The van der Waals surface area contributed by atoms with Gasteiger partial charge in [-0.05, 0) is 18.0 Å². The van der Waals surface area contributed by atoms with Crippen molar-refractivity contribution in [3.63, 3.8) is 0 Å². The van der Waals surface area contributed by atoms with Crippen molar-refractivity contribution in [3.05, 3.63) is 45.2 Å². The van der Waals surface area contributed by atoms with Crippen LogP contribution in [0.2, 0.25) is 0 Å². The molecule has 1 aromatic heterocycles. The summed E-state index contributed by atoms with van der Waals surface area (Å²) in [6.45, 7) is 0. The Bertz CT molecular complexity index is 891. The topological polar surface area (TPSA) is 126 Å². The third-order valence-corrected chi connectivity index (χ3v) is 4.40. The molecule has 11 heteroatoms. The van der Waals surface area contributed by atoms with Crippen LogP contribution in [0, 0.1) is 10.1 Å². The van der Waals surface area contributed by atoms with E-state index in [-0.39, 0.29) is 22.4 Å². The summed E-state index contributed by atoms with van der Waals surface area (Å²) in [6, 6.07) is 5.86. The summed E-state index contributed by atoms with van der Waals surface area (Å²) in [6.07, 6.45) is 0. The second-order valence-corrected chi connectivity index (χ2v) is 7.50. The largest absolute Gasteiger partial charge is 0.483 e. The molecule has 0 fully saturated rings. The zero-order valence-corrected chi connectivity index (χ0v) is 14.9. The highest BCUT2D eigenvalue weighted by atomic mass is 32.2. The number of aromatic nitrogens is 2. The van der Waals surface area contributed by atoms with E-state index in [1.165, 1.54) is 13.2 Å². The van der Waals surface area contributed by atoms with Crippen LogP contribution in [0.4, 0.5) is 17.3 Å². The predicted molar refractivity (Wildman–Crippen MR) is 91.5 cm³/mol. The molecule has 1 heterocycles. The molecule has 134 valence electrons. The summed E-state index contributed by atoms with van der Waals surface area (Å²) in [7, 11) is 2.80. The Labute approximate surface area is 144 Å². The normalized spacial score (nSPS) is 11.8. The van der Waals surface area contributed by atoms with Gasteiger partial charge in [-0.15, -0.1) is 0 Å². The van der Waals surface area contributed by atoms with E-state index in [2.05, 4.69) is 14.7 Å². The van der Waals surface area contributed by atoms with Crippen LogP contribution in [0.15, 0.2) is 35.2 Å². The highest BCUT2D eigenvalue weighted by Gasteiger charge is 2.17. The second-order valence-electron chi connectivity index (χ2n) is 5.90. The van der Waals surface area contributed by atoms with Gasteiger partial charge in [-0.25, -0.2) is 8.42 Å². The molecule has 2 rings (SSSR count). The first-order valence-corrected chi connectivity index (χ1v) is 8.44.